The maximum atomic E-state index is 12.6. The van der Waals surface area contributed by atoms with Crippen LogP contribution in [0.4, 0.5) is 17.1 Å². The zero-order valence-corrected chi connectivity index (χ0v) is 23.4. The average molecular weight is 558 g/mol. The van der Waals surface area contributed by atoms with Crippen LogP contribution in [0.3, 0.4) is 0 Å². The topological polar surface area (TPSA) is 196 Å². The van der Waals surface area contributed by atoms with E-state index in [1.165, 1.54) is 24.3 Å². The predicted octanol–water partition coefficient (Wildman–Crippen LogP) is 3.85. The number of hydrogen-bond donors (Lipinski definition) is 5. The van der Waals surface area contributed by atoms with Gasteiger partial charge in [-0.25, -0.2) is 9.59 Å². The maximum absolute atomic E-state index is 12.6. The van der Waals surface area contributed by atoms with E-state index in [1.54, 1.807) is 40.7 Å². The standard InChI is InChI=1S/C27H35N3O7.CO2/c1-15(2)8-9-22(31)28-17-10-18(29-23(32)13-20(16(3)4)25(34)35)12-19(11-17)30-24(33)14-21(26(36)37)27(5,6)7;2-1-3/h8-16H,1-7H3,(H,28,31)(H,29,32)(H,30,33)(H,34,35)(H,36,37);/b9-8+,20-13-,21-14+;. The summed E-state index contributed by atoms with van der Waals surface area (Å²) in [5.74, 6) is -4.61. The Balaban J connectivity index is 0.00000483. The molecule has 3 amide bonds. The fourth-order valence-electron chi connectivity index (χ4n) is 3.01. The summed E-state index contributed by atoms with van der Waals surface area (Å²) in [5, 5.41) is 26.5. The normalized spacial score (nSPS) is 11.8. The molecule has 1 aromatic rings. The SMILES string of the molecule is CC(C)/C=C/C(=O)Nc1cc(NC(=O)/C=C(\C(=O)O)C(C)C)cc(NC(=O)/C=C(\C(=O)O)C(C)(C)C)c1.O=C=O. The van der Waals surface area contributed by atoms with E-state index in [4.69, 9.17) is 9.59 Å². The van der Waals surface area contributed by atoms with Crippen molar-refractivity contribution in [2.24, 2.45) is 17.3 Å². The van der Waals surface area contributed by atoms with Gasteiger partial charge in [-0.3, -0.25) is 14.4 Å². The van der Waals surface area contributed by atoms with Crippen LogP contribution in [-0.2, 0) is 33.6 Å². The molecule has 12 heteroatoms. The molecule has 0 aliphatic carbocycles. The molecule has 0 saturated carbocycles. The van der Waals surface area contributed by atoms with Crippen molar-refractivity contribution in [3.05, 3.63) is 53.6 Å². The lowest BCUT2D eigenvalue weighted by molar-refractivity contribution is -0.191. The van der Waals surface area contributed by atoms with Crippen LogP contribution in [0.5, 0.6) is 0 Å². The molecule has 0 aliphatic rings. The second-order valence-electron chi connectivity index (χ2n) is 10.1. The van der Waals surface area contributed by atoms with E-state index in [9.17, 15) is 34.2 Å². The minimum atomic E-state index is -1.24. The number of carboxylic acids is 2. The average Bonchev–Trinajstić information content (AvgIpc) is 2.78. The molecule has 0 heterocycles. The zero-order valence-electron chi connectivity index (χ0n) is 23.4. The van der Waals surface area contributed by atoms with E-state index in [0.717, 1.165) is 12.2 Å². The number of anilines is 3. The van der Waals surface area contributed by atoms with E-state index < -0.39 is 41.0 Å². The van der Waals surface area contributed by atoms with Gasteiger partial charge in [-0.15, -0.1) is 0 Å². The summed E-state index contributed by atoms with van der Waals surface area (Å²) >= 11 is 0. The lowest BCUT2D eigenvalue weighted by Gasteiger charge is -2.19. The van der Waals surface area contributed by atoms with Gasteiger partial charge < -0.3 is 26.2 Å². The minimum Gasteiger partial charge on any atom is -0.478 e. The monoisotopic (exact) mass is 557 g/mol. The number of nitrogens with one attached hydrogen (secondary N) is 3. The van der Waals surface area contributed by atoms with Crippen LogP contribution >= 0.6 is 0 Å². The van der Waals surface area contributed by atoms with Gasteiger partial charge in [0.05, 0.1) is 0 Å². The molecule has 0 saturated heterocycles. The Kier molecular flexibility index (Phi) is 14.2. The van der Waals surface area contributed by atoms with Crippen molar-refractivity contribution >= 4 is 52.9 Å². The van der Waals surface area contributed by atoms with Crippen LogP contribution < -0.4 is 16.0 Å². The lowest BCUT2D eigenvalue weighted by atomic mass is 9.86. The number of hydrogen-bond acceptors (Lipinski definition) is 7. The third-order valence-electron chi connectivity index (χ3n) is 4.84. The summed E-state index contributed by atoms with van der Waals surface area (Å²) in [6, 6.07) is 4.27. The Morgan fingerprint density at radius 3 is 1.48 bits per heavy atom. The number of aliphatic carboxylic acids is 2. The zero-order chi connectivity index (χ0) is 31.2. The summed E-state index contributed by atoms with van der Waals surface area (Å²) < 4.78 is 0. The first-order chi connectivity index (χ1) is 18.4. The van der Waals surface area contributed by atoms with E-state index in [2.05, 4.69) is 16.0 Å². The number of rotatable bonds is 10. The van der Waals surface area contributed by atoms with Gasteiger partial charge in [-0.2, -0.15) is 9.59 Å². The molecule has 12 nitrogen and oxygen atoms in total. The third-order valence-corrected chi connectivity index (χ3v) is 4.84. The largest absolute Gasteiger partial charge is 0.478 e. The molecule has 5 N–H and O–H groups in total. The molecule has 40 heavy (non-hydrogen) atoms. The Hall–Kier alpha value is -4.83. The highest BCUT2D eigenvalue weighted by Crippen LogP contribution is 2.27. The van der Waals surface area contributed by atoms with Crippen LogP contribution in [0.15, 0.2) is 53.6 Å². The first-order valence-corrected chi connectivity index (χ1v) is 12.1. The van der Waals surface area contributed by atoms with Crippen molar-refractivity contribution in [3.63, 3.8) is 0 Å². The first kappa shape index (κ1) is 35.2. The van der Waals surface area contributed by atoms with Crippen LogP contribution in [-0.4, -0.2) is 46.0 Å². The Labute approximate surface area is 232 Å². The van der Waals surface area contributed by atoms with Crippen molar-refractivity contribution in [1.29, 1.82) is 0 Å². The van der Waals surface area contributed by atoms with Gasteiger partial charge in [0.1, 0.15) is 0 Å². The van der Waals surface area contributed by atoms with Crippen molar-refractivity contribution in [2.75, 3.05) is 16.0 Å². The van der Waals surface area contributed by atoms with Gasteiger partial charge in [0.25, 0.3) is 0 Å². The third kappa shape index (κ3) is 13.6. The van der Waals surface area contributed by atoms with Crippen molar-refractivity contribution in [2.45, 2.75) is 48.5 Å². The molecular formula is C28H35N3O9. The summed E-state index contributed by atoms with van der Waals surface area (Å²) in [6.45, 7) is 12.1. The predicted molar refractivity (Wildman–Crippen MR) is 147 cm³/mol. The lowest BCUT2D eigenvalue weighted by Crippen LogP contribution is -2.21. The maximum Gasteiger partial charge on any atom is 0.373 e. The van der Waals surface area contributed by atoms with Gasteiger partial charge in [-0.05, 0) is 41.5 Å². The number of benzene rings is 1. The number of carbonyl (C=O) groups is 5. The molecule has 0 aliphatic heterocycles. The van der Waals surface area contributed by atoms with Gasteiger partial charge in [0.2, 0.25) is 17.7 Å². The van der Waals surface area contributed by atoms with Crippen LogP contribution in [0.1, 0.15) is 48.5 Å². The fraction of sp³-hybridized carbons (Fsp3) is 0.357. The molecule has 0 bridgehead atoms. The Morgan fingerprint density at radius 2 is 1.15 bits per heavy atom. The smallest absolute Gasteiger partial charge is 0.373 e. The molecule has 1 aromatic carbocycles. The van der Waals surface area contributed by atoms with Crippen LogP contribution in [0.25, 0.3) is 0 Å². The highest BCUT2D eigenvalue weighted by atomic mass is 16.4. The second kappa shape index (κ2) is 16.2. The first-order valence-electron chi connectivity index (χ1n) is 12.1. The summed E-state index contributed by atoms with van der Waals surface area (Å²) in [4.78, 5) is 76.6. The number of allylic oxidation sites excluding steroid dienone is 1. The number of carbonyl (C=O) groups excluding carboxylic acids is 5. The molecule has 0 fully saturated rings. The van der Waals surface area contributed by atoms with Gasteiger partial charge in [0, 0.05) is 40.4 Å². The van der Waals surface area contributed by atoms with E-state index in [0.29, 0.717) is 0 Å². The van der Waals surface area contributed by atoms with Crippen LogP contribution in [0, 0.1) is 17.3 Å². The van der Waals surface area contributed by atoms with E-state index >= 15 is 0 Å². The Bertz CT molecular complexity index is 1240. The quantitative estimate of drug-likeness (QED) is 0.265. The fourth-order valence-corrected chi connectivity index (χ4v) is 3.01. The molecule has 1 rings (SSSR count). The van der Waals surface area contributed by atoms with Gasteiger partial charge >= 0.3 is 18.1 Å². The molecule has 0 atom stereocenters. The Morgan fingerprint density at radius 1 is 0.750 bits per heavy atom. The van der Waals surface area contributed by atoms with Crippen molar-refractivity contribution in [1.82, 2.24) is 0 Å². The highest BCUT2D eigenvalue weighted by Gasteiger charge is 2.24. The molecule has 0 unspecified atom stereocenters. The van der Waals surface area contributed by atoms with Crippen molar-refractivity contribution in [3.8, 4) is 0 Å². The van der Waals surface area contributed by atoms with Crippen LogP contribution in [0.2, 0.25) is 0 Å². The summed E-state index contributed by atoms with van der Waals surface area (Å²) in [5.41, 5.74) is -0.451. The molecule has 0 aromatic heterocycles. The minimum absolute atomic E-state index is 0.0946. The second-order valence-corrected chi connectivity index (χ2v) is 10.1. The van der Waals surface area contributed by atoms with E-state index in [1.807, 2.05) is 13.8 Å². The van der Waals surface area contributed by atoms with Crippen molar-refractivity contribution < 1.29 is 43.8 Å². The summed E-state index contributed by atoms with van der Waals surface area (Å²) in [6.07, 6.45) is 5.23. The van der Waals surface area contributed by atoms with E-state index in [-0.39, 0.29) is 40.3 Å². The molecule has 0 spiro atoms. The summed E-state index contributed by atoms with van der Waals surface area (Å²) in [7, 11) is 0. The highest BCUT2D eigenvalue weighted by molar-refractivity contribution is 6.08. The van der Waals surface area contributed by atoms with Gasteiger partial charge in [0.15, 0.2) is 0 Å². The number of carboxylic acid groups (broad SMARTS) is 2. The number of amides is 3. The molecule has 0 radical (unpaired) electrons. The molecular weight excluding hydrogens is 522 g/mol. The molecule has 216 valence electrons. The van der Waals surface area contributed by atoms with Gasteiger partial charge in [-0.1, -0.05) is 54.5 Å².